The van der Waals surface area contributed by atoms with E-state index >= 15 is 0 Å². The van der Waals surface area contributed by atoms with Crippen LogP contribution in [0.5, 0.6) is 0 Å². The van der Waals surface area contributed by atoms with E-state index in [-0.39, 0.29) is 5.97 Å². The predicted octanol–water partition coefficient (Wildman–Crippen LogP) is 2.32. The molecule has 102 valence electrons. The monoisotopic (exact) mass is 278 g/mol. The van der Waals surface area contributed by atoms with Crippen LogP contribution in [0.1, 0.15) is 24.5 Å². The average molecular weight is 278 g/mol. The molecular weight excluding hydrogens is 260 g/mol. The molecule has 1 rings (SSSR count). The van der Waals surface area contributed by atoms with Crippen molar-refractivity contribution in [1.29, 1.82) is 5.26 Å². The molecule has 0 atom stereocenters. The van der Waals surface area contributed by atoms with E-state index < -0.39 is 0 Å². The smallest absolute Gasteiger partial charge is 0.306 e. The first-order valence-corrected chi connectivity index (χ1v) is 7.13. The SMILES string of the molecule is CCNCc1ccc(SCCC(=O)OC)c(C#N)c1. The van der Waals surface area contributed by atoms with Gasteiger partial charge in [0.05, 0.1) is 19.1 Å². The molecule has 0 aromatic heterocycles. The van der Waals surface area contributed by atoms with Crippen LogP contribution in [0.15, 0.2) is 23.1 Å². The van der Waals surface area contributed by atoms with Gasteiger partial charge < -0.3 is 10.1 Å². The Labute approximate surface area is 118 Å². The minimum Gasteiger partial charge on any atom is -0.469 e. The minimum atomic E-state index is -0.227. The second-order valence-corrected chi connectivity index (χ2v) is 5.03. The molecule has 0 amide bonds. The van der Waals surface area contributed by atoms with Gasteiger partial charge in [-0.05, 0) is 24.2 Å². The number of esters is 1. The molecule has 0 aliphatic heterocycles. The summed E-state index contributed by atoms with van der Waals surface area (Å²) in [6.45, 7) is 3.71. The molecule has 1 aromatic carbocycles. The van der Waals surface area contributed by atoms with E-state index in [1.807, 2.05) is 25.1 Å². The Morgan fingerprint density at radius 2 is 2.32 bits per heavy atom. The maximum Gasteiger partial charge on any atom is 0.306 e. The lowest BCUT2D eigenvalue weighted by Gasteiger charge is -2.07. The molecule has 0 heterocycles. The van der Waals surface area contributed by atoms with Gasteiger partial charge >= 0.3 is 5.97 Å². The zero-order chi connectivity index (χ0) is 14.1. The number of thioether (sulfide) groups is 1. The molecule has 0 aliphatic carbocycles. The van der Waals surface area contributed by atoms with Gasteiger partial charge in [0.25, 0.3) is 0 Å². The molecule has 0 unspecified atom stereocenters. The number of carbonyl (C=O) groups excluding carboxylic acids is 1. The standard InChI is InChI=1S/C14H18N2O2S/c1-3-16-10-11-4-5-13(12(8-11)9-15)19-7-6-14(17)18-2/h4-5,8,16H,3,6-7,10H2,1-2H3. The van der Waals surface area contributed by atoms with Gasteiger partial charge in [-0.15, -0.1) is 11.8 Å². The lowest BCUT2D eigenvalue weighted by molar-refractivity contribution is -0.140. The van der Waals surface area contributed by atoms with E-state index in [1.54, 1.807) is 0 Å². The van der Waals surface area contributed by atoms with Crippen LogP contribution in [-0.2, 0) is 16.1 Å². The Hall–Kier alpha value is -1.51. The van der Waals surface area contributed by atoms with Crippen molar-refractivity contribution in [3.8, 4) is 6.07 Å². The van der Waals surface area contributed by atoms with Gasteiger partial charge in [0, 0.05) is 17.2 Å². The van der Waals surface area contributed by atoms with Crippen molar-refractivity contribution in [3.05, 3.63) is 29.3 Å². The van der Waals surface area contributed by atoms with Gasteiger partial charge in [-0.25, -0.2) is 0 Å². The van der Waals surface area contributed by atoms with E-state index in [9.17, 15) is 4.79 Å². The van der Waals surface area contributed by atoms with Gasteiger partial charge in [-0.2, -0.15) is 5.26 Å². The molecule has 5 heteroatoms. The third kappa shape index (κ3) is 5.33. The normalized spacial score (nSPS) is 9.95. The quantitative estimate of drug-likeness (QED) is 0.612. The summed E-state index contributed by atoms with van der Waals surface area (Å²) >= 11 is 1.50. The summed E-state index contributed by atoms with van der Waals surface area (Å²) in [7, 11) is 1.38. The largest absolute Gasteiger partial charge is 0.469 e. The summed E-state index contributed by atoms with van der Waals surface area (Å²) in [5, 5.41) is 12.4. The van der Waals surface area contributed by atoms with Gasteiger partial charge in [0.15, 0.2) is 0 Å². The molecule has 1 N–H and O–H groups in total. The lowest BCUT2D eigenvalue weighted by atomic mass is 10.1. The fraction of sp³-hybridized carbons (Fsp3) is 0.429. The molecule has 4 nitrogen and oxygen atoms in total. The zero-order valence-electron chi connectivity index (χ0n) is 11.2. The number of benzene rings is 1. The fourth-order valence-electron chi connectivity index (χ4n) is 1.52. The minimum absolute atomic E-state index is 0.227. The molecule has 0 aliphatic rings. The van der Waals surface area contributed by atoms with Crippen molar-refractivity contribution in [2.24, 2.45) is 0 Å². The maximum absolute atomic E-state index is 11.0. The number of methoxy groups -OCH3 is 1. The zero-order valence-corrected chi connectivity index (χ0v) is 12.0. The van der Waals surface area contributed by atoms with Crippen LogP contribution in [-0.4, -0.2) is 25.4 Å². The van der Waals surface area contributed by atoms with Crippen molar-refractivity contribution < 1.29 is 9.53 Å². The van der Waals surface area contributed by atoms with Crippen LogP contribution < -0.4 is 5.32 Å². The number of nitriles is 1. The van der Waals surface area contributed by atoms with Crippen LogP contribution in [0.4, 0.5) is 0 Å². The van der Waals surface area contributed by atoms with E-state index in [0.717, 1.165) is 23.5 Å². The highest BCUT2D eigenvalue weighted by Crippen LogP contribution is 2.24. The second kappa shape index (κ2) is 8.57. The molecular formula is C14H18N2O2S. The van der Waals surface area contributed by atoms with Crippen molar-refractivity contribution >= 4 is 17.7 Å². The molecule has 0 fully saturated rings. The first-order chi connectivity index (χ1) is 9.21. The molecule has 0 spiro atoms. The van der Waals surface area contributed by atoms with Gasteiger partial charge in [0.2, 0.25) is 0 Å². The van der Waals surface area contributed by atoms with Crippen LogP contribution in [0.3, 0.4) is 0 Å². The Balaban J connectivity index is 2.63. The third-order valence-corrected chi connectivity index (χ3v) is 3.61. The number of carbonyl (C=O) groups is 1. The summed E-state index contributed by atoms with van der Waals surface area (Å²) in [4.78, 5) is 11.9. The van der Waals surface area contributed by atoms with Crippen LogP contribution in [0.25, 0.3) is 0 Å². The van der Waals surface area contributed by atoms with Gasteiger partial charge in [-0.1, -0.05) is 13.0 Å². The van der Waals surface area contributed by atoms with Crippen LogP contribution >= 0.6 is 11.8 Å². The molecule has 0 saturated heterocycles. The fourth-order valence-corrected chi connectivity index (χ4v) is 2.43. The highest BCUT2D eigenvalue weighted by atomic mass is 32.2. The predicted molar refractivity (Wildman–Crippen MR) is 75.9 cm³/mol. The third-order valence-electron chi connectivity index (χ3n) is 2.53. The van der Waals surface area contributed by atoms with Crippen molar-refractivity contribution in [1.82, 2.24) is 5.32 Å². The van der Waals surface area contributed by atoms with Gasteiger partial charge in [0.1, 0.15) is 6.07 Å². The number of nitrogens with one attached hydrogen (secondary N) is 1. The summed E-state index contributed by atoms with van der Waals surface area (Å²) in [6, 6.07) is 8.03. The van der Waals surface area contributed by atoms with E-state index in [4.69, 9.17) is 5.26 Å². The second-order valence-electron chi connectivity index (χ2n) is 3.90. The van der Waals surface area contributed by atoms with Crippen molar-refractivity contribution in [2.45, 2.75) is 24.8 Å². The Morgan fingerprint density at radius 1 is 1.53 bits per heavy atom. The molecule has 0 radical (unpaired) electrons. The van der Waals surface area contributed by atoms with Crippen LogP contribution in [0.2, 0.25) is 0 Å². The average Bonchev–Trinajstić information content (AvgIpc) is 2.45. The molecule has 0 bridgehead atoms. The van der Waals surface area contributed by atoms with Crippen molar-refractivity contribution in [2.75, 3.05) is 19.4 Å². The summed E-state index contributed by atoms with van der Waals surface area (Å²) < 4.78 is 4.58. The number of hydrogen-bond acceptors (Lipinski definition) is 5. The highest BCUT2D eigenvalue weighted by Gasteiger charge is 2.06. The maximum atomic E-state index is 11.0. The topological polar surface area (TPSA) is 62.1 Å². The first kappa shape index (κ1) is 15.5. The number of nitrogens with zero attached hydrogens (tertiary/aromatic N) is 1. The highest BCUT2D eigenvalue weighted by molar-refractivity contribution is 7.99. The summed E-state index contributed by atoms with van der Waals surface area (Å²) in [6.07, 6.45) is 0.352. The molecule has 1 aromatic rings. The Morgan fingerprint density at radius 3 is 2.95 bits per heavy atom. The molecule has 19 heavy (non-hydrogen) atoms. The van der Waals surface area contributed by atoms with E-state index in [0.29, 0.717) is 17.7 Å². The van der Waals surface area contributed by atoms with E-state index in [2.05, 4.69) is 16.1 Å². The Bertz CT molecular complexity index is 469. The number of hydrogen-bond donors (Lipinski definition) is 1. The van der Waals surface area contributed by atoms with Crippen LogP contribution in [0, 0.1) is 11.3 Å². The summed E-state index contributed by atoms with van der Waals surface area (Å²) in [5.41, 5.74) is 1.75. The molecule has 0 saturated carbocycles. The van der Waals surface area contributed by atoms with E-state index in [1.165, 1.54) is 18.9 Å². The van der Waals surface area contributed by atoms with Crippen molar-refractivity contribution in [3.63, 3.8) is 0 Å². The lowest BCUT2D eigenvalue weighted by Crippen LogP contribution is -2.11. The number of ether oxygens (including phenoxy) is 1. The van der Waals surface area contributed by atoms with Gasteiger partial charge in [-0.3, -0.25) is 4.79 Å². The number of rotatable bonds is 7. The Kier molecular flexibility index (Phi) is 7.01. The summed E-state index contributed by atoms with van der Waals surface area (Å²) in [5.74, 6) is 0.392. The first-order valence-electron chi connectivity index (χ1n) is 6.14.